The van der Waals surface area contributed by atoms with Crippen molar-refractivity contribution >= 4 is 11.9 Å². The van der Waals surface area contributed by atoms with E-state index in [9.17, 15) is 9.59 Å². The van der Waals surface area contributed by atoms with Crippen molar-refractivity contribution in [1.82, 2.24) is 4.90 Å². The minimum atomic E-state index is -1.14. The zero-order valence-corrected chi connectivity index (χ0v) is 8.88. The van der Waals surface area contributed by atoms with Crippen LogP contribution in [0.25, 0.3) is 0 Å². The van der Waals surface area contributed by atoms with E-state index in [1.54, 1.807) is 12.1 Å². The summed E-state index contributed by atoms with van der Waals surface area (Å²) in [5.74, 6) is -1.42. The summed E-state index contributed by atoms with van der Waals surface area (Å²) in [6.07, 6.45) is -0.505. The minimum absolute atomic E-state index is 0.156. The van der Waals surface area contributed by atoms with Gasteiger partial charge in [0.1, 0.15) is 12.2 Å². The highest BCUT2D eigenvalue weighted by Gasteiger charge is 2.12. The van der Waals surface area contributed by atoms with Crippen LogP contribution in [0.4, 0.5) is 0 Å². The maximum Gasteiger partial charge on any atom is 0.312 e. The Balaban J connectivity index is 2.57. The summed E-state index contributed by atoms with van der Waals surface area (Å²) in [7, 11) is 1.54. The zero-order chi connectivity index (χ0) is 12.1. The number of carbonyl (C=O) groups is 2. The van der Waals surface area contributed by atoms with Crippen LogP contribution in [0.5, 0.6) is 5.75 Å². The summed E-state index contributed by atoms with van der Waals surface area (Å²) in [5, 5.41) is 17.5. The molecule has 86 valence electrons. The molecule has 0 saturated carbocycles. The second-order valence-electron chi connectivity index (χ2n) is 3.49. The largest absolute Gasteiger partial charge is 0.508 e. The highest BCUT2D eigenvalue weighted by Crippen LogP contribution is 2.11. The molecule has 0 fully saturated rings. The summed E-state index contributed by atoms with van der Waals surface area (Å²) in [5.41, 5.74) is 0.832. The standard InChI is InChI=1S/C11H13NO4/c1-12(10(14)6-11(15)16)7-8-2-4-9(13)5-3-8/h2-5,13H,6-7H2,1H3,(H,15,16). The molecule has 0 unspecified atom stereocenters. The summed E-state index contributed by atoms with van der Waals surface area (Å²) in [6.45, 7) is 0.326. The Labute approximate surface area is 92.9 Å². The Morgan fingerprint density at radius 1 is 1.25 bits per heavy atom. The first kappa shape index (κ1) is 12.0. The van der Waals surface area contributed by atoms with Gasteiger partial charge in [-0.2, -0.15) is 0 Å². The molecule has 1 amide bonds. The maximum absolute atomic E-state index is 11.3. The third-order valence-corrected chi connectivity index (χ3v) is 2.08. The van der Waals surface area contributed by atoms with Gasteiger partial charge in [0.15, 0.2) is 0 Å². The minimum Gasteiger partial charge on any atom is -0.508 e. The number of aromatic hydroxyl groups is 1. The molecule has 5 heteroatoms. The van der Waals surface area contributed by atoms with Gasteiger partial charge in [0, 0.05) is 13.6 Å². The van der Waals surface area contributed by atoms with Crippen LogP contribution in [0.15, 0.2) is 24.3 Å². The molecular formula is C11H13NO4. The van der Waals surface area contributed by atoms with E-state index in [4.69, 9.17) is 10.2 Å². The van der Waals surface area contributed by atoms with Crippen LogP contribution in [-0.2, 0) is 16.1 Å². The normalized spacial score (nSPS) is 9.81. The summed E-state index contributed by atoms with van der Waals surface area (Å²) < 4.78 is 0. The summed E-state index contributed by atoms with van der Waals surface area (Å²) >= 11 is 0. The first-order valence-corrected chi connectivity index (χ1v) is 4.72. The first-order chi connectivity index (χ1) is 7.49. The summed E-state index contributed by atoms with van der Waals surface area (Å²) in [4.78, 5) is 23.0. The molecule has 0 heterocycles. The molecule has 0 saturated heterocycles. The van der Waals surface area contributed by atoms with E-state index in [2.05, 4.69) is 0 Å². The Hall–Kier alpha value is -2.04. The quantitative estimate of drug-likeness (QED) is 0.741. The highest BCUT2D eigenvalue weighted by atomic mass is 16.4. The van der Waals surface area contributed by atoms with Gasteiger partial charge in [-0.25, -0.2) is 0 Å². The SMILES string of the molecule is CN(Cc1ccc(O)cc1)C(=O)CC(=O)O. The van der Waals surface area contributed by atoms with Crippen molar-refractivity contribution in [2.45, 2.75) is 13.0 Å². The molecule has 1 aromatic rings. The molecule has 2 N–H and O–H groups in total. The fourth-order valence-corrected chi connectivity index (χ4v) is 1.23. The lowest BCUT2D eigenvalue weighted by atomic mass is 10.2. The van der Waals surface area contributed by atoms with Gasteiger partial charge in [-0.1, -0.05) is 12.1 Å². The van der Waals surface area contributed by atoms with Crippen LogP contribution < -0.4 is 0 Å². The number of aliphatic carboxylic acids is 1. The molecule has 0 aliphatic carbocycles. The number of hydrogen-bond donors (Lipinski definition) is 2. The Bertz CT molecular complexity index is 385. The third kappa shape index (κ3) is 3.61. The van der Waals surface area contributed by atoms with E-state index < -0.39 is 18.3 Å². The van der Waals surface area contributed by atoms with E-state index in [1.807, 2.05) is 0 Å². The Morgan fingerprint density at radius 3 is 2.31 bits per heavy atom. The van der Waals surface area contributed by atoms with Crippen molar-refractivity contribution in [1.29, 1.82) is 0 Å². The molecule has 5 nitrogen and oxygen atoms in total. The van der Waals surface area contributed by atoms with Crippen molar-refractivity contribution in [2.75, 3.05) is 7.05 Å². The fraction of sp³-hybridized carbons (Fsp3) is 0.273. The van der Waals surface area contributed by atoms with Crippen LogP contribution >= 0.6 is 0 Å². The average Bonchev–Trinajstić information content (AvgIpc) is 2.20. The van der Waals surface area contributed by atoms with Crippen LogP contribution in [0.1, 0.15) is 12.0 Å². The molecule has 0 aliphatic rings. The lowest BCUT2D eigenvalue weighted by Gasteiger charge is -2.16. The van der Waals surface area contributed by atoms with Crippen molar-refractivity contribution in [2.24, 2.45) is 0 Å². The number of phenols is 1. The highest BCUT2D eigenvalue weighted by molar-refractivity contribution is 5.93. The fourth-order valence-electron chi connectivity index (χ4n) is 1.23. The van der Waals surface area contributed by atoms with Crippen LogP contribution in [0, 0.1) is 0 Å². The molecule has 16 heavy (non-hydrogen) atoms. The van der Waals surface area contributed by atoms with E-state index in [0.29, 0.717) is 6.54 Å². The number of hydrogen-bond acceptors (Lipinski definition) is 3. The van der Waals surface area contributed by atoms with Gasteiger partial charge in [0.05, 0.1) is 0 Å². The Kier molecular flexibility index (Phi) is 3.88. The Morgan fingerprint density at radius 2 is 1.81 bits per heavy atom. The smallest absolute Gasteiger partial charge is 0.312 e. The van der Waals surface area contributed by atoms with Crippen molar-refractivity contribution in [3.63, 3.8) is 0 Å². The zero-order valence-electron chi connectivity index (χ0n) is 8.88. The number of rotatable bonds is 4. The second kappa shape index (κ2) is 5.16. The number of nitrogens with zero attached hydrogens (tertiary/aromatic N) is 1. The maximum atomic E-state index is 11.3. The van der Waals surface area contributed by atoms with Crippen LogP contribution in [0.3, 0.4) is 0 Å². The predicted octanol–water partition coefficient (Wildman–Crippen LogP) is 0.825. The van der Waals surface area contributed by atoms with Gasteiger partial charge in [-0.15, -0.1) is 0 Å². The number of carbonyl (C=O) groups excluding carboxylic acids is 1. The van der Waals surface area contributed by atoms with E-state index in [1.165, 1.54) is 24.1 Å². The molecule has 0 atom stereocenters. The molecule has 1 rings (SSSR count). The van der Waals surface area contributed by atoms with Gasteiger partial charge in [0.25, 0.3) is 0 Å². The van der Waals surface area contributed by atoms with E-state index >= 15 is 0 Å². The average molecular weight is 223 g/mol. The van der Waals surface area contributed by atoms with E-state index in [-0.39, 0.29) is 5.75 Å². The second-order valence-corrected chi connectivity index (χ2v) is 3.49. The number of phenolic OH excluding ortho intramolecular Hbond substituents is 1. The molecule has 1 aromatic carbocycles. The van der Waals surface area contributed by atoms with Crippen LogP contribution in [0.2, 0.25) is 0 Å². The first-order valence-electron chi connectivity index (χ1n) is 4.72. The third-order valence-electron chi connectivity index (χ3n) is 2.08. The predicted molar refractivity (Wildman–Crippen MR) is 56.8 cm³/mol. The van der Waals surface area contributed by atoms with Gasteiger partial charge in [0.2, 0.25) is 5.91 Å². The van der Waals surface area contributed by atoms with Gasteiger partial charge in [-0.05, 0) is 17.7 Å². The number of carboxylic acids is 1. The molecule has 0 spiro atoms. The monoisotopic (exact) mass is 223 g/mol. The topological polar surface area (TPSA) is 77.8 Å². The van der Waals surface area contributed by atoms with Crippen molar-refractivity contribution in [3.05, 3.63) is 29.8 Å². The molecular weight excluding hydrogens is 210 g/mol. The van der Waals surface area contributed by atoms with Crippen molar-refractivity contribution < 1.29 is 19.8 Å². The lowest BCUT2D eigenvalue weighted by molar-refractivity contribution is -0.143. The molecule has 0 aliphatic heterocycles. The van der Waals surface area contributed by atoms with Crippen molar-refractivity contribution in [3.8, 4) is 5.75 Å². The van der Waals surface area contributed by atoms with Gasteiger partial charge in [-0.3, -0.25) is 9.59 Å². The molecule has 0 aromatic heterocycles. The van der Waals surface area contributed by atoms with Gasteiger partial charge < -0.3 is 15.1 Å². The number of benzene rings is 1. The van der Waals surface area contributed by atoms with Crippen LogP contribution in [-0.4, -0.2) is 34.0 Å². The number of amides is 1. The van der Waals surface area contributed by atoms with E-state index in [0.717, 1.165) is 5.56 Å². The van der Waals surface area contributed by atoms with Gasteiger partial charge >= 0.3 is 5.97 Å². The number of carboxylic acid groups (broad SMARTS) is 1. The lowest BCUT2D eigenvalue weighted by Crippen LogP contribution is -2.27. The molecule has 0 bridgehead atoms. The summed E-state index contributed by atoms with van der Waals surface area (Å²) in [6, 6.07) is 6.40. The molecule has 0 radical (unpaired) electrons.